The van der Waals surface area contributed by atoms with Crippen molar-refractivity contribution in [2.75, 3.05) is 26.2 Å². The lowest BCUT2D eigenvalue weighted by Gasteiger charge is -2.31. The number of allylic oxidation sites excluding steroid dienone is 1. The van der Waals surface area contributed by atoms with Gasteiger partial charge in [0, 0.05) is 56.0 Å². The van der Waals surface area contributed by atoms with Crippen molar-refractivity contribution in [1.29, 1.82) is 0 Å². The van der Waals surface area contributed by atoms with Gasteiger partial charge in [0.1, 0.15) is 5.75 Å². The summed E-state index contributed by atoms with van der Waals surface area (Å²) in [5.74, 6) is 1.88. The molecule has 5 nitrogen and oxygen atoms in total. The van der Waals surface area contributed by atoms with Crippen LogP contribution in [0.1, 0.15) is 58.4 Å². The lowest BCUT2D eigenvalue weighted by molar-refractivity contribution is -0.128. The zero-order chi connectivity index (χ0) is 21.3. The molecule has 0 spiro atoms. The van der Waals surface area contributed by atoms with E-state index in [1.807, 2.05) is 24.0 Å². The Bertz CT molecular complexity index is 759. The van der Waals surface area contributed by atoms with Gasteiger partial charge in [-0.05, 0) is 49.8 Å². The number of ether oxygens (including phenoxy) is 1. The van der Waals surface area contributed by atoms with Crippen molar-refractivity contribution in [1.82, 2.24) is 15.5 Å². The first-order valence-corrected chi connectivity index (χ1v) is 11.5. The molecule has 1 aromatic carbocycles. The molecular formula is C25H37N3O2. The van der Waals surface area contributed by atoms with E-state index in [1.54, 1.807) is 0 Å². The van der Waals surface area contributed by atoms with E-state index in [4.69, 9.17) is 4.74 Å². The number of nitrogens with zero attached hydrogens (tertiary/aromatic N) is 1. The predicted molar refractivity (Wildman–Crippen MR) is 122 cm³/mol. The molecule has 1 amide bonds. The molecule has 1 fully saturated rings. The van der Waals surface area contributed by atoms with Crippen LogP contribution in [-0.4, -0.2) is 37.0 Å². The topological polar surface area (TPSA) is 53.6 Å². The first-order chi connectivity index (χ1) is 14.6. The highest BCUT2D eigenvalue weighted by Gasteiger charge is 2.22. The number of carbonyl (C=O) groups is 1. The van der Waals surface area contributed by atoms with E-state index >= 15 is 0 Å². The van der Waals surface area contributed by atoms with Gasteiger partial charge in [0.2, 0.25) is 5.91 Å². The summed E-state index contributed by atoms with van der Waals surface area (Å²) in [4.78, 5) is 14.9. The lowest BCUT2D eigenvalue weighted by Crippen LogP contribution is -2.38. The van der Waals surface area contributed by atoms with Crippen molar-refractivity contribution < 1.29 is 9.53 Å². The van der Waals surface area contributed by atoms with Crippen LogP contribution >= 0.6 is 0 Å². The number of hydrogen-bond acceptors (Lipinski definition) is 4. The van der Waals surface area contributed by atoms with Gasteiger partial charge in [0.25, 0.3) is 0 Å². The highest BCUT2D eigenvalue weighted by Crippen LogP contribution is 2.21. The first-order valence-electron chi connectivity index (χ1n) is 11.5. The van der Waals surface area contributed by atoms with Gasteiger partial charge in [0.15, 0.2) is 0 Å². The Balaban J connectivity index is 1.57. The number of piperidine rings is 1. The molecule has 0 bridgehead atoms. The first kappa shape index (κ1) is 22.3. The highest BCUT2D eigenvalue weighted by atomic mass is 16.5. The minimum Gasteiger partial charge on any atom is -0.494 e. The average molecular weight is 412 g/mol. The second-order valence-corrected chi connectivity index (χ2v) is 8.33. The number of nitrogens with one attached hydrogen (secondary N) is 2. The second kappa shape index (κ2) is 11.1. The van der Waals surface area contributed by atoms with Crippen LogP contribution in [0.4, 0.5) is 0 Å². The van der Waals surface area contributed by atoms with E-state index in [2.05, 4.69) is 42.7 Å². The van der Waals surface area contributed by atoms with Gasteiger partial charge in [-0.25, -0.2) is 0 Å². The molecule has 0 aromatic heterocycles. The molecule has 0 aliphatic carbocycles. The summed E-state index contributed by atoms with van der Waals surface area (Å²) in [5.41, 5.74) is 4.65. The van der Waals surface area contributed by atoms with Gasteiger partial charge in [0.05, 0.1) is 6.61 Å². The largest absolute Gasteiger partial charge is 0.494 e. The predicted octanol–water partition coefficient (Wildman–Crippen LogP) is 4.36. The van der Waals surface area contributed by atoms with Crippen LogP contribution in [0.15, 0.2) is 47.3 Å². The van der Waals surface area contributed by atoms with Crippen LogP contribution in [0.3, 0.4) is 0 Å². The fourth-order valence-corrected chi connectivity index (χ4v) is 4.09. The molecule has 2 aliphatic rings. The van der Waals surface area contributed by atoms with Crippen molar-refractivity contribution in [3.63, 3.8) is 0 Å². The van der Waals surface area contributed by atoms with Gasteiger partial charge in [-0.1, -0.05) is 32.1 Å². The lowest BCUT2D eigenvalue weighted by atomic mass is 9.98. The molecule has 30 heavy (non-hydrogen) atoms. The summed E-state index contributed by atoms with van der Waals surface area (Å²) in [7, 11) is 0. The van der Waals surface area contributed by atoms with E-state index in [-0.39, 0.29) is 5.91 Å². The third kappa shape index (κ3) is 6.04. The maximum absolute atomic E-state index is 12.9. The maximum Gasteiger partial charge on any atom is 0.249 e. The summed E-state index contributed by atoms with van der Waals surface area (Å²) in [6, 6.07) is 8.25. The zero-order valence-electron chi connectivity index (χ0n) is 18.8. The summed E-state index contributed by atoms with van der Waals surface area (Å²) in [6.45, 7) is 10.6. The molecule has 1 saturated heterocycles. The Morgan fingerprint density at radius 3 is 2.63 bits per heavy atom. The van der Waals surface area contributed by atoms with Crippen molar-refractivity contribution in [2.24, 2.45) is 5.92 Å². The fourth-order valence-electron chi connectivity index (χ4n) is 4.09. The van der Waals surface area contributed by atoms with Gasteiger partial charge < -0.3 is 20.3 Å². The Kier molecular flexibility index (Phi) is 8.23. The summed E-state index contributed by atoms with van der Waals surface area (Å²) < 4.78 is 5.51. The average Bonchev–Trinajstić information content (AvgIpc) is 3.21. The van der Waals surface area contributed by atoms with Crippen LogP contribution in [-0.2, 0) is 11.3 Å². The summed E-state index contributed by atoms with van der Waals surface area (Å²) in [5, 5.41) is 7.09. The standard InChI is InChI=1S/C25H37N3O2/c1-4-21(25(29)28-16-13-19(3)14-17-28)8-11-23-24(12-15-26-23)27-18-20-6-9-22(10-7-20)30-5-2/h6-10,19,26-27H,4-5,11-18H2,1-3H3/b21-8+. The molecule has 1 aromatic rings. The van der Waals surface area contributed by atoms with E-state index in [0.29, 0.717) is 6.61 Å². The molecule has 0 atom stereocenters. The smallest absolute Gasteiger partial charge is 0.249 e. The van der Waals surface area contributed by atoms with Crippen molar-refractivity contribution in [3.05, 3.63) is 52.9 Å². The van der Waals surface area contributed by atoms with Crippen molar-refractivity contribution in [3.8, 4) is 5.75 Å². The van der Waals surface area contributed by atoms with Crippen molar-refractivity contribution in [2.45, 2.75) is 59.4 Å². The van der Waals surface area contributed by atoms with Gasteiger partial charge in [-0.15, -0.1) is 0 Å². The van der Waals surface area contributed by atoms with Crippen LogP contribution in [0.25, 0.3) is 0 Å². The summed E-state index contributed by atoms with van der Waals surface area (Å²) in [6.07, 6.45) is 6.94. The number of hydrogen-bond donors (Lipinski definition) is 2. The van der Waals surface area contributed by atoms with Gasteiger partial charge >= 0.3 is 0 Å². The third-order valence-corrected chi connectivity index (χ3v) is 6.10. The molecular weight excluding hydrogens is 374 g/mol. The molecule has 2 aliphatic heterocycles. The fraction of sp³-hybridized carbons (Fsp3) is 0.560. The minimum absolute atomic E-state index is 0.229. The maximum atomic E-state index is 12.9. The zero-order valence-corrected chi connectivity index (χ0v) is 18.8. The molecule has 164 valence electrons. The van der Waals surface area contributed by atoms with E-state index in [9.17, 15) is 4.79 Å². The number of rotatable bonds is 9. The van der Waals surface area contributed by atoms with Crippen molar-refractivity contribution >= 4 is 5.91 Å². The van der Waals surface area contributed by atoms with Gasteiger partial charge in [-0.2, -0.15) is 0 Å². The van der Waals surface area contributed by atoms with E-state index in [1.165, 1.54) is 17.0 Å². The molecule has 0 saturated carbocycles. The Labute approximate surface area is 181 Å². The summed E-state index contributed by atoms with van der Waals surface area (Å²) >= 11 is 0. The van der Waals surface area contributed by atoms with Crippen LogP contribution in [0, 0.1) is 5.92 Å². The minimum atomic E-state index is 0.229. The number of benzene rings is 1. The molecule has 2 N–H and O–H groups in total. The van der Waals surface area contributed by atoms with Gasteiger partial charge in [-0.3, -0.25) is 4.79 Å². The van der Waals surface area contributed by atoms with Crippen LogP contribution < -0.4 is 15.4 Å². The molecule has 0 radical (unpaired) electrons. The normalized spacial score (nSPS) is 17.8. The Morgan fingerprint density at radius 1 is 1.23 bits per heavy atom. The molecule has 2 heterocycles. The molecule has 5 heteroatoms. The quantitative estimate of drug-likeness (QED) is 0.593. The number of carbonyl (C=O) groups excluding carboxylic acids is 1. The number of likely N-dealkylation sites (tertiary alicyclic amines) is 1. The van der Waals surface area contributed by atoms with Crippen LogP contribution in [0.2, 0.25) is 0 Å². The Hall–Kier alpha value is -2.43. The highest BCUT2D eigenvalue weighted by molar-refractivity contribution is 5.93. The van der Waals surface area contributed by atoms with Crippen LogP contribution in [0.5, 0.6) is 5.75 Å². The second-order valence-electron chi connectivity index (χ2n) is 8.33. The van der Waals surface area contributed by atoms with E-state index < -0.39 is 0 Å². The monoisotopic (exact) mass is 411 g/mol. The third-order valence-electron chi connectivity index (χ3n) is 6.10. The molecule has 0 unspecified atom stereocenters. The molecule has 3 rings (SSSR count). The van der Waals surface area contributed by atoms with E-state index in [0.717, 1.165) is 75.5 Å². The number of amides is 1. The SMILES string of the molecule is CCOc1ccc(CNC2=C(C/C=C(\CC)C(=O)N3CCC(C)CC3)NCC2)cc1. The Morgan fingerprint density at radius 2 is 1.97 bits per heavy atom.